The quantitative estimate of drug-likeness (QED) is 0.223. The van der Waals surface area contributed by atoms with Crippen LogP contribution < -0.4 is 15.4 Å². The number of nitrogens with zero attached hydrogens (tertiary/aromatic N) is 4. The average molecular weight is 399 g/mol. The van der Waals surface area contributed by atoms with Gasteiger partial charge in [-0.3, -0.25) is 14.9 Å². The lowest BCUT2D eigenvalue weighted by Gasteiger charge is -2.19. The number of likely N-dealkylation sites (N-methyl/N-ethyl adjacent to an activating group) is 1. The van der Waals surface area contributed by atoms with E-state index in [1.165, 1.54) is 19.3 Å². The second kappa shape index (κ2) is 8.13. The van der Waals surface area contributed by atoms with Crippen LogP contribution in [0.3, 0.4) is 0 Å². The molecular formula is C18H17N5O6. The predicted octanol–water partition coefficient (Wildman–Crippen LogP) is 2.05. The zero-order chi connectivity index (χ0) is 21.9. The van der Waals surface area contributed by atoms with Crippen LogP contribution in [-0.2, 0) is 4.79 Å². The number of pyridine rings is 1. The first-order valence-corrected chi connectivity index (χ1v) is 8.01. The molecule has 2 aromatic rings. The molecule has 0 unspecified atom stereocenters. The number of carbonyl (C=O) groups is 1. The third kappa shape index (κ3) is 4.01. The van der Waals surface area contributed by atoms with Gasteiger partial charge in [0.15, 0.2) is 11.3 Å². The number of phenols is 1. The minimum absolute atomic E-state index is 0.245. The topological polar surface area (TPSA) is 176 Å². The van der Waals surface area contributed by atoms with E-state index in [0.717, 1.165) is 24.1 Å². The van der Waals surface area contributed by atoms with Crippen molar-refractivity contribution in [3.05, 3.63) is 51.2 Å². The van der Waals surface area contributed by atoms with E-state index < -0.39 is 33.6 Å². The summed E-state index contributed by atoms with van der Waals surface area (Å²) in [5.41, 5.74) is 4.85. The normalized spacial score (nSPS) is 11.2. The number of benzene rings is 1. The molecule has 0 saturated heterocycles. The molecule has 0 aliphatic carbocycles. The van der Waals surface area contributed by atoms with Gasteiger partial charge in [0.05, 0.1) is 23.9 Å². The lowest BCUT2D eigenvalue weighted by molar-refractivity contribution is -0.386. The van der Waals surface area contributed by atoms with E-state index in [2.05, 4.69) is 4.98 Å². The van der Waals surface area contributed by atoms with Crippen LogP contribution in [-0.4, -0.2) is 40.2 Å². The highest BCUT2D eigenvalue weighted by atomic mass is 16.6. The van der Waals surface area contributed by atoms with Gasteiger partial charge >= 0.3 is 5.69 Å². The number of nitro groups is 1. The Hall–Kier alpha value is -4.33. The summed E-state index contributed by atoms with van der Waals surface area (Å²) in [6.07, 6.45) is 1.34. The monoisotopic (exact) mass is 399 g/mol. The number of aliphatic hydroxyl groups excluding tert-OH is 1. The smallest absolute Gasteiger partial charge is 0.315 e. The van der Waals surface area contributed by atoms with Crippen LogP contribution in [0.5, 0.6) is 11.5 Å². The van der Waals surface area contributed by atoms with Crippen LogP contribution in [0.4, 0.5) is 17.2 Å². The first-order valence-electron chi connectivity index (χ1n) is 8.01. The second-order valence-electron chi connectivity index (χ2n) is 5.90. The molecule has 1 heterocycles. The Morgan fingerprint density at radius 3 is 2.59 bits per heavy atom. The van der Waals surface area contributed by atoms with Crippen molar-refractivity contribution in [3.8, 4) is 17.6 Å². The highest BCUT2D eigenvalue weighted by molar-refractivity contribution is 6.12. The molecule has 29 heavy (non-hydrogen) atoms. The van der Waals surface area contributed by atoms with Crippen molar-refractivity contribution in [2.75, 3.05) is 24.8 Å². The molecule has 1 aromatic heterocycles. The van der Waals surface area contributed by atoms with Crippen LogP contribution in [0.15, 0.2) is 30.0 Å². The van der Waals surface area contributed by atoms with Gasteiger partial charge in [0, 0.05) is 18.7 Å². The molecule has 11 nitrogen and oxygen atoms in total. The van der Waals surface area contributed by atoms with Crippen molar-refractivity contribution >= 4 is 28.9 Å². The first-order chi connectivity index (χ1) is 13.6. The van der Waals surface area contributed by atoms with Gasteiger partial charge < -0.3 is 25.6 Å². The molecule has 0 aliphatic heterocycles. The van der Waals surface area contributed by atoms with E-state index in [9.17, 15) is 30.4 Å². The summed E-state index contributed by atoms with van der Waals surface area (Å²) in [5, 5.41) is 40.9. The van der Waals surface area contributed by atoms with Crippen molar-refractivity contribution in [3.63, 3.8) is 0 Å². The zero-order valence-corrected chi connectivity index (χ0v) is 15.7. The largest absolute Gasteiger partial charge is 0.506 e. The van der Waals surface area contributed by atoms with Crippen LogP contribution in [0.2, 0.25) is 0 Å². The third-order valence-electron chi connectivity index (χ3n) is 4.08. The highest BCUT2D eigenvalue weighted by Crippen LogP contribution is 2.39. The van der Waals surface area contributed by atoms with Gasteiger partial charge in [-0.1, -0.05) is 0 Å². The summed E-state index contributed by atoms with van der Waals surface area (Å²) in [7, 11) is 2.53. The number of carbonyl (C=O) groups excluding carboxylic acids is 1. The molecule has 0 spiro atoms. The van der Waals surface area contributed by atoms with Gasteiger partial charge in [0.2, 0.25) is 5.75 Å². The van der Waals surface area contributed by atoms with Gasteiger partial charge in [-0.15, -0.1) is 0 Å². The fourth-order valence-corrected chi connectivity index (χ4v) is 2.57. The standard InChI is InChI=1S/C18H17N5O6/c1-9-4-15(20)21-8-13(9)22(2)18(26)11(7-19)16(24)10-5-12(23(27)28)17(25)14(6-10)29-3/h4-6,8,24-25H,1-3H3,(H2,20,21)/b16-11-. The molecule has 0 bridgehead atoms. The SMILES string of the molecule is COc1cc(/C(O)=C(\C#N)C(=O)N(C)c2cnc(N)cc2C)cc([N+](=O)[O-])c1O. The number of nitrogens with two attached hydrogens (primary N) is 1. The molecule has 1 amide bonds. The number of methoxy groups -OCH3 is 1. The first kappa shape index (κ1) is 21.0. The summed E-state index contributed by atoms with van der Waals surface area (Å²) >= 11 is 0. The number of aliphatic hydroxyl groups is 1. The molecule has 0 fully saturated rings. The number of aromatic hydroxyl groups is 1. The number of hydrogen-bond donors (Lipinski definition) is 3. The van der Waals surface area contributed by atoms with Gasteiger partial charge in [0.1, 0.15) is 17.6 Å². The Kier molecular flexibility index (Phi) is 5.88. The molecule has 0 radical (unpaired) electrons. The summed E-state index contributed by atoms with van der Waals surface area (Å²) < 4.78 is 4.86. The zero-order valence-electron chi connectivity index (χ0n) is 15.7. The molecule has 4 N–H and O–H groups in total. The number of aromatic nitrogens is 1. The number of ether oxygens (including phenoxy) is 1. The average Bonchev–Trinajstić information content (AvgIpc) is 2.67. The van der Waals surface area contributed by atoms with Gasteiger partial charge in [0.25, 0.3) is 5.91 Å². The summed E-state index contributed by atoms with van der Waals surface area (Å²) in [4.78, 5) is 28.0. The van der Waals surface area contributed by atoms with Crippen LogP contribution in [0.1, 0.15) is 11.1 Å². The number of anilines is 2. The maximum atomic E-state index is 12.8. The van der Waals surface area contributed by atoms with Crippen LogP contribution >= 0.6 is 0 Å². The van der Waals surface area contributed by atoms with E-state index in [-0.39, 0.29) is 17.1 Å². The van der Waals surface area contributed by atoms with Gasteiger partial charge in [-0.25, -0.2) is 4.98 Å². The van der Waals surface area contributed by atoms with Gasteiger partial charge in [-0.05, 0) is 24.6 Å². The van der Waals surface area contributed by atoms with Crippen molar-refractivity contribution in [1.29, 1.82) is 5.26 Å². The van der Waals surface area contributed by atoms with Crippen molar-refractivity contribution in [1.82, 2.24) is 4.98 Å². The maximum Gasteiger partial charge on any atom is 0.315 e. The molecule has 2 rings (SSSR count). The maximum absolute atomic E-state index is 12.8. The van der Waals surface area contributed by atoms with Crippen LogP contribution in [0.25, 0.3) is 5.76 Å². The Morgan fingerprint density at radius 1 is 1.41 bits per heavy atom. The Balaban J connectivity index is 2.59. The molecular weight excluding hydrogens is 382 g/mol. The predicted molar refractivity (Wildman–Crippen MR) is 103 cm³/mol. The molecule has 0 aliphatic rings. The molecule has 11 heteroatoms. The summed E-state index contributed by atoms with van der Waals surface area (Å²) in [6, 6.07) is 5.03. The lowest BCUT2D eigenvalue weighted by Crippen LogP contribution is -2.29. The lowest BCUT2D eigenvalue weighted by atomic mass is 10.1. The number of nitrogen functional groups attached to an aromatic ring is 1. The fourth-order valence-electron chi connectivity index (χ4n) is 2.57. The third-order valence-corrected chi connectivity index (χ3v) is 4.08. The Labute approximate surface area is 165 Å². The number of phenolic OH excluding ortho intramolecular Hbond substituents is 1. The Morgan fingerprint density at radius 2 is 2.07 bits per heavy atom. The van der Waals surface area contributed by atoms with E-state index in [4.69, 9.17) is 10.5 Å². The Bertz CT molecular complexity index is 1070. The number of amides is 1. The summed E-state index contributed by atoms with van der Waals surface area (Å²) in [5.74, 6) is -2.51. The van der Waals surface area contributed by atoms with E-state index in [0.29, 0.717) is 11.3 Å². The number of nitro benzene ring substituents is 1. The van der Waals surface area contributed by atoms with Gasteiger partial charge in [-0.2, -0.15) is 5.26 Å². The number of rotatable bonds is 5. The number of aryl methyl sites for hydroxylation is 1. The van der Waals surface area contributed by atoms with E-state index in [1.54, 1.807) is 13.0 Å². The fraction of sp³-hybridized carbons (Fsp3) is 0.167. The number of hydrogen-bond acceptors (Lipinski definition) is 9. The molecule has 0 atom stereocenters. The molecule has 1 aromatic carbocycles. The summed E-state index contributed by atoms with van der Waals surface area (Å²) in [6.45, 7) is 1.68. The minimum Gasteiger partial charge on any atom is -0.506 e. The minimum atomic E-state index is -0.891. The van der Waals surface area contributed by atoms with Crippen molar-refractivity contribution in [2.24, 2.45) is 0 Å². The number of nitriles is 1. The van der Waals surface area contributed by atoms with E-state index >= 15 is 0 Å². The van der Waals surface area contributed by atoms with Crippen molar-refractivity contribution in [2.45, 2.75) is 6.92 Å². The van der Waals surface area contributed by atoms with E-state index in [1.807, 2.05) is 0 Å². The van der Waals surface area contributed by atoms with Crippen molar-refractivity contribution < 1.29 is 24.7 Å². The van der Waals surface area contributed by atoms with Crippen LogP contribution in [0, 0.1) is 28.4 Å². The second-order valence-corrected chi connectivity index (χ2v) is 5.90. The molecule has 0 saturated carbocycles. The molecule has 150 valence electrons. The highest BCUT2D eigenvalue weighted by Gasteiger charge is 2.26.